The molecule has 10 heteroatoms. The molecule has 2 aliphatic heterocycles. The monoisotopic (exact) mass is 655 g/mol. The SMILES string of the molecule is CC#CC[C@@](C[C@@H](C)C(=O)C(C)C)(C[C@@H](C)[C@H](O[C@H]1C[C@H](C)CC(C)O1)[C@@H](C)C(=O)O[C@H](CC)[C@]1(C)CC(=O)O1)OC.CN.CO. The van der Waals surface area contributed by atoms with Crippen molar-refractivity contribution in [3.05, 3.63) is 0 Å². The number of cyclic esters (lactones) is 1. The molecule has 0 spiro atoms. The molecule has 1 unspecified atom stereocenters. The van der Waals surface area contributed by atoms with Gasteiger partial charge in [0.25, 0.3) is 0 Å². The minimum Gasteiger partial charge on any atom is -0.458 e. The van der Waals surface area contributed by atoms with Gasteiger partial charge in [0, 0.05) is 38.9 Å². The summed E-state index contributed by atoms with van der Waals surface area (Å²) in [7, 11) is 4.17. The van der Waals surface area contributed by atoms with Crippen LogP contribution >= 0.6 is 0 Å². The van der Waals surface area contributed by atoms with Gasteiger partial charge in [-0.1, -0.05) is 41.5 Å². The van der Waals surface area contributed by atoms with E-state index in [2.05, 4.69) is 31.4 Å². The first-order valence-electron chi connectivity index (χ1n) is 16.8. The number of methoxy groups -OCH3 is 1. The fraction of sp³-hybridized carbons (Fsp3) is 0.861. The number of hydrogen-bond acceptors (Lipinski definition) is 10. The molecule has 46 heavy (non-hydrogen) atoms. The normalized spacial score (nSPS) is 26.8. The predicted octanol–water partition coefficient (Wildman–Crippen LogP) is 5.46. The van der Waals surface area contributed by atoms with Crippen LogP contribution in [0.4, 0.5) is 0 Å². The second-order valence-corrected chi connectivity index (χ2v) is 13.5. The largest absolute Gasteiger partial charge is 0.458 e. The molecule has 2 aliphatic rings. The van der Waals surface area contributed by atoms with E-state index < -0.39 is 41.6 Å². The molecular weight excluding hydrogens is 590 g/mol. The number of Topliss-reactive ketones (excluding diaryl/α,β-unsaturated/α-hetero) is 1. The Kier molecular flexibility index (Phi) is 20.1. The van der Waals surface area contributed by atoms with Gasteiger partial charge in [0.15, 0.2) is 11.9 Å². The molecule has 268 valence electrons. The summed E-state index contributed by atoms with van der Waals surface area (Å²) in [5.74, 6) is 5.00. The molecule has 2 rings (SSSR count). The molecule has 0 aromatic rings. The van der Waals surface area contributed by atoms with E-state index in [1.807, 2.05) is 41.5 Å². The fourth-order valence-electron chi connectivity index (χ4n) is 6.76. The summed E-state index contributed by atoms with van der Waals surface area (Å²) in [6, 6.07) is 0. The number of aliphatic hydroxyl groups excluding tert-OH is 1. The van der Waals surface area contributed by atoms with Crippen molar-refractivity contribution in [2.24, 2.45) is 35.3 Å². The Morgan fingerprint density at radius 1 is 1.11 bits per heavy atom. The summed E-state index contributed by atoms with van der Waals surface area (Å²) in [5, 5.41) is 7.00. The van der Waals surface area contributed by atoms with E-state index in [0.717, 1.165) is 20.0 Å². The van der Waals surface area contributed by atoms with Gasteiger partial charge in [0.05, 0.1) is 30.1 Å². The predicted molar refractivity (Wildman–Crippen MR) is 180 cm³/mol. The van der Waals surface area contributed by atoms with Gasteiger partial charge < -0.3 is 34.5 Å². The van der Waals surface area contributed by atoms with Gasteiger partial charge >= 0.3 is 11.9 Å². The van der Waals surface area contributed by atoms with E-state index in [9.17, 15) is 14.4 Å². The summed E-state index contributed by atoms with van der Waals surface area (Å²) in [6.45, 7) is 19.4. The van der Waals surface area contributed by atoms with Gasteiger partial charge in [-0.3, -0.25) is 14.4 Å². The molecule has 2 fully saturated rings. The number of hydrogen-bond donors (Lipinski definition) is 2. The third-order valence-electron chi connectivity index (χ3n) is 9.05. The maximum atomic E-state index is 13.7. The van der Waals surface area contributed by atoms with Crippen molar-refractivity contribution in [1.29, 1.82) is 0 Å². The van der Waals surface area contributed by atoms with Crippen LogP contribution in [-0.2, 0) is 38.1 Å². The Morgan fingerprint density at radius 2 is 1.70 bits per heavy atom. The van der Waals surface area contributed by atoms with Crippen molar-refractivity contribution in [3.8, 4) is 11.8 Å². The van der Waals surface area contributed by atoms with Gasteiger partial charge in [-0.15, -0.1) is 11.8 Å². The average molecular weight is 656 g/mol. The highest BCUT2D eigenvalue weighted by Crippen LogP contribution is 2.39. The summed E-state index contributed by atoms with van der Waals surface area (Å²) in [5.41, 5.74) is 2.98. The molecule has 3 N–H and O–H groups in total. The van der Waals surface area contributed by atoms with Crippen LogP contribution in [0.3, 0.4) is 0 Å². The summed E-state index contributed by atoms with van der Waals surface area (Å²) in [4.78, 5) is 38.1. The minimum atomic E-state index is -0.816. The Morgan fingerprint density at radius 3 is 2.15 bits per heavy atom. The molecule has 10 nitrogen and oxygen atoms in total. The molecule has 0 radical (unpaired) electrons. The maximum Gasteiger partial charge on any atom is 0.311 e. The van der Waals surface area contributed by atoms with E-state index in [0.29, 0.717) is 31.6 Å². The minimum absolute atomic E-state index is 0.0514. The zero-order valence-corrected chi connectivity index (χ0v) is 30.9. The van der Waals surface area contributed by atoms with E-state index in [1.165, 1.54) is 7.05 Å². The Balaban J connectivity index is 0.00000486. The lowest BCUT2D eigenvalue weighted by atomic mass is 9.76. The van der Waals surface area contributed by atoms with E-state index in [1.54, 1.807) is 21.0 Å². The molecule has 0 bridgehead atoms. The number of rotatable bonds is 16. The summed E-state index contributed by atoms with van der Waals surface area (Å²) in [6.07, 6.45) is 2.44. The number of carbonyl (C=O) groups is 3. The highest BCUT2D eigenvalue weighted by Gasteiger charge is 2.50. The molecule has 0 amide bonds. The Labute approximate surface area is 279 Å². The average Bonchev–Trinajstić information content (AvgIpc) is 3.00. The molecule has 0 saturated carbocycles. The Hall–Kier alpha value is -2.03. The van der Waals surface area contributed by atoms with Crippen molar-refractivity contribution < 1.29 is 43.2 Å². The van der Waals surface area contributed by atoms with Crippen molar-refractivity contribution in [2.75, 3.05) is 21.3 Å². The van der Waals surface area contributed by atoms with E-state index in [-0.39, 0.29) is 42.0 Å². The molecule has 2 heterocycles. The number of aliphatic hydroxyl groups is 1. The van der Waals surface area contributed by atoms with Gasteiger partial charge in [0.1, 0.15) is 11.9 Å². The lowest BCUT2D eigenvalue weighted by Gasteiger charge is -2.43. The quantitative estimate of drug-likeness (QED) is 0.163. The first-order chi connectivity index (χ1) is 21.6. The standard InChI is InChI=1S/C34H56O8.CH5N.CH4O/c1-12-14-15-34(38-11,18-23(6)30(36)21(3)4)19-24(7)31(41-29-17-22(5)16-25(8)39-29)26(9)32(37)40-27(13-2)33(10)20-28(35)42-33;2*1-2/h21-27,29,31H,13,15-20H2,1-11H3;2H2,1H3;2H,1H3/t22-,23-,24-,25?,26-,27-,29+,31+,33+,34-;;/m1../s1. The van der Waals surface area contributed by atoms with E-state index in [4.69, 9.17) is 28.8 Å². The second kappa shape index (κ2) is 21.0. The first-order valence-corrected chi connectivity index (χ1v) is 16.8. The maximum absolute atomic E-state index is 13.7. The van der Waals surface area contributed by atoms with Crippen molar-refractivity contribution >= 4 is 17.7 Å². The third-order valence-corrected chi connectivity index (χ3v) is 9.05. The zero-order chi connectivity index (χ0) is 35.8. The lowest BCUT2D eigenvalue weighted by Crippen LogP contribution is -2.55. The van der Waals surface area contributed by atoms with Crippen molar-refractivity contribution in [2.45, 2.75) is 150 Å². The molecular formula is C36H65NO9. The van der Waals surface area contributed by atoms with Gasteiger partial charge in [-0.05, 0) is 72.3 Å². The third kappa shape index (κ3) is 12.9. The van der Waals surface area contributed by atoms with Crippen LogP contribution in [0.2, 0.25) is 0 Å². The molecule has 0 aliphatic carbocycles. The van der Waals surface area contributed by atoms with Crippen molar-refractivity contribution in [1.82, 2.24) is 0 Å². The van der Waals surface area contributed by atoms with Gasteiger partial charge in [-0.2, -0.15) is 0 Å². The number of esters is 2. The van der Waals surface area contributed by atoms with Crippen LogP contribution in [-0.4, -0.2) is 79.9 Å². The lowest BCUT2D eigenvalue weighted by molar-refractivity contribution is -0.243. The van der Waals surface area contributed by atoms with E-state index >= 15 is 0 Å². The van der Waals surface area contributed by atoms with Gasteiger partial charge in [0.2, 0.25) is 0 Å². The van der Waals surface area contributed by atoms with Crippen LogP contribution in [0, 0.1) is 41.4 Å². The molecule has 0 aromatic heterocycles. The van der Waals surface area contributed by atoms with Gasteiger partial charge in [-0.25, -0.2) is 0 Å². The van der Waals surface area contributed by atoms with Crippen molar-refractivity contribution in [3.63, 3.8) is 0 Å². The van der Waals surface area contributed by atoms with Crippen LogP contribution in [0.15, 0.2) is 0 Å². The number of nitrogens with two attached hydrogens (primary N) is 1. The van der Waals surface area contributed by atoms with Crippen LogP contribution in [0.25, 0.3) is 0 Å². The number of ketones is 1. The topological polar surface area (TPSA) is 144 Å². The second-order valence-electron chi connectivity index (χ2n) is 13.5. The molecule has 2 saturated heterocycles. The Bertz CT molecular complexity index is 972. The van der Waals surface area contributed by atoms with Crippen LogP contribution < -0.4 is 5.73 Å². The smallest absolute Gasteiger partial charge is 0.311 e. The zero-order valence-electron chi connectivity index (χ0n) is 30.9. The fourth-order valence-corrected chi connectivity index (χ4v) is 6.76. The highest BCUT2D eigenvalue weighted by atomic mass is 16.7. The first kappa shape index (κ1) is 44.0. The number of carbonyl (C=O) groups excluding carboxylic acids is 3. The summed E-state index contributed by atoms with van der Waals surface area (Å²) >= 11 is 0. The summed E-state index contributed by atoms with van der Waals surface area (Å²) < 4.78 is 30.4. The molecule has 0 aromatic carbocycles. The number of ether oxygens (including phenoxy) is 5. The molecule has 10 atom stereocenters. The highest BCUT2D eigenvalue weighted by molar-refractivity contribution is 5.82. The van der Waals surface area contributed by atoms with Crippen LogP contribution in [0.1, 0.15) is 114 Å². The van der Waals surface area contributed by atoms with Crippen LogP contribution in [0.5, 0.6) is 0 Å².